The first kappa shape index (κ1) is 19.3. The van der Waals surface area contributed by atoms with Gasteiger partial charge in [-0.15, -0.1) is 0 Å². The lowest BCUT2D eigenvalue weighted by Crippen LogP contribution is -2.24. The summed E-state index contributed by atoms with van der Waals surface area (Å²) in [6.07, 6.45) is 0. The number of nitrogens with one attached hydrogen (secondary N) is 1. The molecule has 10 nitrogen and oxygen atoms in total. The molecular formula is C19H14N4O6. The fourth-order valence-electron chi connectivity index (χ4n) is 2.71. The highest BCUT2D eigenvalue weighted by Gasteiger charge is 2.28. The molecule has 29 heavy (non-hydrogen) atoms. The predicted molar refractivity (Wildman–Crippen MR) is 103 cm³/mol. The van der Waals surface area contributed by atoms with E-state index in [4.69, 9.17) is 5.73 Å². The number of aromatic amines is 1. The third-order valence-electron chi connectivity index (χ3n) is 3.96. The zero-order valence-electron chi connectivity index (χ0n) is 14.7. The van der Waals surface area contributed by atoms with E-state index in [1.807, 2.05) is 4.98 Å². The minimum atomic E-state index is -1.68. The smallest absolute Gasteiger partial charge is 0.342 e. The van der Waals surface area contributed by atoms with Crippen molar-refractivity contribution < 1.29 is 24.9 Å². The number of hydrogen-bond donors (Lipinski definition) is 5. The van der Waals surface area contributed by atoms with Gasteiger partial charge in [0.1, 0.15) is 22.7 Å². The lowest BCUT2D eigenvalue weighted by Gasteiger charge is -2.13. The second kappa shape index (κ2) is 7.64. The van der Waals surface area contributed by atoms with Crippen molar-refractivity contribution >= 4 is 29.1 Å². The van der Waals surface area contributed by atoms with Crippen LogP contribution in [0.1, 0.15) is 20.7 Å². The maximum absolute atomic E-state index is 12.1. The summed E-state index contributed by atoms with van der Waals surface area (Å²) >= 11 is 0. The van der Waals surface area contributed by atoms with E-state index in [0.717, 1.165) is 0 Å². The highest BCUT2D eigenvalue weighted by Crippen LogP contribution is 2.37. The molecule has 146 valence electrons. The number of aromatic hydroxyl groups is 1. The van der Waals surface area contributed by atoms with Gasteiger partial charge in [0, 0.05) is 11.1 Å². The second-order valence-corrected chi connectivity index (χ2v) is 5.84. The lowest BCUT2D eigenvalue weighted by atomic mass is 9.94. The van der Waals surface area contributed by atoms with Crippen LogP contribution in [0.3, 0.4) is 0 Å². The summed E-state index contributed by atoms with van der Waals surface area (Å²) in [5.41, 5.74) is 2.93. The average Bonchev–Trinajstić information content (AvgIpc) is 2.66. The van der Waals surface area contributed by atoms with Crippen LogP contribution in [0.5, 0.6) is 5.75 Å². The van der Waals surface area contributed by atoms with Crippen LogP contribution in [0.25, 0.3) is 11.1 Å². The van der Waals surface area contributed by atoms with Gasteiger partial charge in [0.05, 0.1) is 11.4 Å². The zero-order valence-corrected chi connectivity index (χ0v) is 14.7. The van der Waals surface area contributed by atoms with Gasteiger partial charge in [-0.25, -0.2) is 9.59 Å². The molecule has 0 spiro atoms. The van der Waals surface area contributed by atoms with Crippen LogP contribution >= 0.6 is 0 Å². The maximum atomic E-state index is 12.1. The Hall–Kier alpha value is -4.47. The summed E-state index contributed by atoms with van der Waals surface area (Å²) in [5, 5.41) is 37.2. The number of aromatic nitrogens is 1. The van der Waals surface area contributed by atoms with Crippen LogP contribution in [0.15, 0.2) is 63.6 Å². The van der Waals surface area contributed by atoms with Crippen molar-refractivity contribution in [2.24, 2.45) is 10.2 Å². The zero-order chi connectivity index (χ0) is 21.1. The number of hydrogen-bond acceptors (Lipinski definition) is 7. The molecule has 1 aromatic heterocycles. The Bertz CT molecular complexity index is 1200. The molecule has 0 aliphatic rings. The van der Waals surface area contributed by atoms with Crippen molar-refractivity contribution in [3.8, 4) is 16.9 Å². The van der Waals surface area contributed by atoms with Gasteiger partial charge in [0.15, 0.2) is 0 Å². The molecule has 0 unspecified atom stereocenters. The molecule has 0 saturated heterocycles. The number of carboxylic acid groups (broad SMARTS) is 2. The fourth-order valence-corrected chi connectivity index (χ4v) is 2.71. The molecule has 0 atom stereocenters. The quantitative estimate of drug-likeness (QED) is 0.412. The topological polar surface area (TPSA) is 178 Å². The minimum Gasteiger partial charge on any atom is -0.507 e. The highest BCUT2D eigenvalue weighted by molar-refractivity contribution is 6.08. The molecule has 0 fully saturated rings. The fraction of sp³-hybridized carbons (Fsp3) is 0. The van der Waals surface area contributed by atoms with Crippen LogP contribution < -0.4 is 11.3 Å². The van der Waals surface area contributed by atoms with Crippen molar-refractivity contribution in [3.63, 3.8) is 0 Å². The van der Waals surface area contributed by atoms with Gasteiger partial charge >= 0.3 is 11.9 Å². The van der Waals surface area contributed by atoms with Crippen molar-refractivity contribution in [1.29, 1.82) is 0 Å². The number of rotatable bonds is 5. The maximum Gasteiger partial charge on any atom is 0.342 e. The number of phenolic OH excluding ortho intramolecular Hbond substituents is 1. The minimum absolute atomic E-state index is 0.188. The molecule has 2 aromatic carbocycles. The van der Waals surface area contributed by atoms with Crippen LogP contribution in [0.4, 0.5) is 17.2 Å². The van der Waals surface area contributed by atoms with E-state index < -0.39 is 45.8 Å². The molecule has 0 aliphatic heterocycles. The molecule has 3 rings (SSSR count). The molecule has 0 bridgehead atoms. The second-order valence-electron chi connectivity index (χ2n) is 5.84. The number of aromatic carboxylic acids is 2. The highest BCUT2D eigenvalue weighted by atomic mass is 16.4. The third kappa shape index (κ3) is 3.81. The van der Waals surface area contributed by atoms with Crippen LogP contribution in [-0.4, -0.2) is 32.2 Å². The van der Waals surface area contributed by atoms with Crippen molar-refractivity contribution in [2.45, 2.75) is 0 Å². The third-order valence-corrected chi connectivity index (χ3v) is 3.96. The molecule has 0 amide bonds. The molecule has 0 saturated carbocycles. The van der Waals surface area contributed by atoms with E-state index in [0.29, 0.717) is 5.69 Å². The summed E-state index contributed by atoms with van der Waals surface area (Å²) in [5.74, 6) is -4.26. The number of nitrogens with zero attached hydrogens (tertiary/aromatic N) is 2. The summed E-state index contributed by atoms with van der Waals surface area (Å²) < 4.78 is 0. The summed E-state index contributed by atoms with van der Waals surface area (Å²) in [6, 6.07) is 12.5. The summed E-state index contributed by atoms with van der Waals surface area (Å²) in [4.78, 5) is 37.4. The number of azo groups is 1. The first-order valence-electron chi connectivity index (χ1n) is 8.12. The van der Waals surface area contributed by atoms with Crippen LogP contribution in [0, 0.1) is 0 Å². The summed E-state index contributed by atoms with van der Waals surface area (Å²) in [6.45, 7) is 0. The van der Waals surface area contributed by atoms with Crippen molar-refractivity contribution in [2.75, 3.05) is 5.73 Å². The standard InChI is InChI=1S/C19H14N4O6/c20-16-14(18(26)27)13(15(19(28)29)17(25)21-16)11-8-10(6-7-12(11)24)23-22-9-4-2-1-3-5-9/h1-8,24H,(H,26,27)(H,28,29)(H3,20,21,25). The number of benzene rings is 2. The number of nitrogen functional groups attached to an aromatic ring is 1. The van der Waals surface area contributed by atoms with Gasteiger partial charge in [0.25, 0.3) is 5.56 Å². The molecule has 3 aromatic rings. The van der Waals surface area contributed by atoms with E-state index >= 15 is 0 Å². The Labute approximate surface area is 162 Å². The normalized spacial score (nSPS) is 10.9. The average molecular weight is 394 g/mol. The number of nitrogens with two attached hydrogens (primary N) is 1. The van der Waals surface area contributed by atoms with E-state index in [1.165, 1.54) is 18.2 Å². The van der Waals surface area contributed by atoms with Crippen LogP contribution in [-0.2, 0) is 0 Å². The van der Waals surface area contributed by atoms with E-state index in [2.05, 4.69) is 10.2 Å². The van der Waals surface area contributed by atoms with Gasteiger partial charge in [-0.3, -0.25) is 4.79 Å². The Kier molecular flexibility index (Phi) is 5.09. The van der Waals surface area contributed by atoms with Crippen molar-refractivity contribution in [3.05, 3.63) is 70.0 Å². The number of anilines is 1. The van der Waals surface area contributed by atoms with E-state index in [9.17, 15) is 29.7 Å². The Morgan fingerprint density at radius 1 is 0.897 bits per heavy atom. The molecule has 10 heteroatoms. The number of carboxylic acids is 2. The molecule has 6 N–H and O–H groups in total. The Morgan fingerprint density at radius 3 is 2.14 bits per heavy atom. The number of carbonyl (C=O) groups is 2. The van der Waals surface area contributed by atoms with Gasteiger partial charge in [-0.1, -0.05) is 18.2 Å². The Morgan fingerprint density at radius 2 is 1.52 bits per heavy atom. The molecular weight excluding hydrogens is 380 g/mol. The van der Waals surface area contributed by atoms with Crippen LogP contribution in [0.2, 0.25) is 0 Å². The first-order chi connectivity index (χ1) is 13.8. The monoisotopic (exact) mass is 394 g/mol. The summed E-state index contributed by atoms with van der Waals surface area (Å²) in [7, 11) is 0. The first-order valence-corrected chi connectivity index (χ1v) is 8.12. The lowest BCUT2D eigenvalue weighted by molar-refractivity contribution is 0.0695. The number of phenols is 1. The van der Waals surface area contributed by atoms with Crippen molar-refractivity contribution in [1.82, 2.24) is 4.98 Å². The van der Waals surface area contributed by atoms with Gasteiger partial charge in [0.2, 0.25) is 0 Å². The van der Waals surface area contributed by atoms with Gasteiger partial charge < -0.3 is 26.0 Å². The Balaban J connectivity index is 2.26. The molecule has 0 radical (unpaired) electrons. The van der Waals surface area contributed by atoms with Gasteiger partial charge in [-0.05, 0) is 30.3 Å². The number of pyridine rings is 1. The SMILES string of the molecule is Nc1[nH]c(=O)c(C(=O)O)c(-c2cc(N=Nc3ccccc3)ccc2O)c1C(=O)O. The van der Waals surface area contributed by atoms with E-state index in [-0.39, 0.29) is 11.3 Å². The number of H-pyrrole nitrogens is 1. The molecule has 1 heterocycles. The van der Waals surface area contributed by atoms with E-state index in [1.54, 1.807) is 30.3 Å². The molecule has 0 aliphatic carbocycles. The largest absolute Gasteiger partial charge is 0.507 e. The predicted octanol–water partition coefficient (Wildman–Crippen LogP) is 3.14. The van der Waals surface area contributed by atoms with Gasteiger partial charge in [-0.2, -0.15) is 10.2 Å².